The average molecular weight is 223 g/mol. The van der Waals surface area contributed by atoms with Crippen LogP contribution in [-0.2, 0) is 13.5 Å². The summed E-state index contributed by atoms with van der Waals surface area (Å²) in [5.41, 5.74) is 0.894. The molecule has 1 aliphatic carbocycles. The van der Waals surface area contributed by atoms with Gasteiger partial charge in [-0.25, -0.2) is 0 Å². The smallest absolute Gasteiger partial charge is 0.0852 e. The molecule has 4 heteroatoms. The maximum absolute atomic E-state index is 9.99. The normalized spacial score (nSPS) is 19.9. The zero-order chi connectivity index (χ0) is 11.4. The van der Waals surface area contributed by atoms with E-state index in [4.69, 9.17) is 0 Å². The van der Waals surface area contributed by atoms with Crippen molar-refractivity contribution in [3.05, 3.63) is 11.9 Å². The lowest BCUT2D eigenvalue weighted by molar-refractivity contribution is 0.129. The Balaban J connectivity index is 1.77. The van der Waals surface area contributed by atoms with Gasteiger partial charge in [0.15, 0.2) is 0 Å². The van der Waals surface area contributed by atoms with E-state index in [-0.39, 0.29) is 6.10 Å². The van der Waals surface area contributed by atoms with Gasteiger partial charge in [0.1, 0.15) is 0 Å². The van der Waals surface area contributed by atoms with E-state index in [9.17, 15) is 5.11 Å². The van der Waals surface area contributed by atoms with Crippen LogP contribution in [0.5, 0.6) is 0 Å². The second-order valence-electron chi connectivity index (χ2n) is 4.98. The second kappa shape index (κ2) is 5.43. The molecule has 1 heterocycles. The molecule has 1 aromatic heterocycles. The minimum absolute atomic E-state index is 0.250. The van der Waals surface area contributed by atoms with Crippen LogP contribution in [0.2, 0.25) is 0 Å². The maximum atomic E-state index is 9.99. The fourth-order valence-corrected chi connectivity index (χ4v) is 2.62. The summed E-state index contributed by atoms with van der Waals surface area (Å²) >= 11 is 0. The fraction of sp³-hybridized carbons (Fsp3) is 0.833. The third kappa shape index (κ3) is 3.30. The van der Waals surface area contributed by atoms with Gasteiger partial charge in [0.05, 0.1) is 11.8 Å². The summed E-state index contributed by atoms with van der Waals surface area (Å²) in [6.07, 6.45) is 9.82. The van der Waals surface area contributed by atoms with Crippen molar-refractivity contribution in [3.8, 4) is 0 Å². The van der Waals surface area contributed by atoms with Crippen molar-refractivity contribution in [2.75, 3.05) is 0 Å². The Hall–Kier alpha value is -0.900. The molecule has 0 bridgehead atoms. The highest BCUT2D eigenvalue weighted by Gasteiger charge is 2.18. The number of aliphatic hydroxyl groups is 1. The quantitative estimate of drug-likeness (QED) is 0.845. The molecule has 0 radical (unpaired) electrons. The van der Waals surface area contributed by atoms with Gasteiger partial charge in [-0.05, 0) is 12.3 Å². The Kier molecular flexibility index (Phi) is 3.93. The molecule has 1 atom stereocenters. The van der Waals surface area contributed by atoms with Crippen LogP contribution >= 0.6 is 0 Å². The summed E-state index contributed by atoms with van der Waals surface area (Å²) in [5, 5.41) is 17.9. The van der Waals surface area contributed by atoms with E-state index in [1.807, 2.05) is 13.2 Å². The van der Waals surface area contributed by atoms with Crippen LogP contribution in [0.3, 0.4) is 0 Å². The van der Waals surface area contributed by atoms with E-state index in [1.165, 1.54) is 32.1 Å². The summed E-state index contributed by atoms with van der Waals surface area (Å²) < 4.78 is 1.68. The molecular formula is C12H21N3O. The first-order valence-corrected chi connectivity index (χ1v) is 6.27. The molecule has 0 amide bonds. The van der Waals surface area contributed by atoms with E-state index in [0.29, 0.717) is 6.42 Å². The predicted molar refractivity (Wildman–Crippen MR) is 61.9 cm³/mol. The van der Waals surface area contributed by atoms with Crippen molar-refractivity contribution in [2.45, 2.75) is 51.0 Å². The van der Waals surface area contributed by atoms with E-state index < -0.39 is 0 Å². The number of aliphatic hydroxyl groups excluding tert-OH is 1. The van der Waals surface area contributed by atoms with Crippen molar-refractivity contribution in [1.82, 2.24) is 15.0 Å². The molecule has 0 aromatic carbocycles. The number of aromatic nitrogens is 3. The molecule has 2 rings (SSSR count). The molecule has 90 valence electrons. The van der Waals surface area contributed by atoms with E-state index >= 15 is 0 Å². The highest BCUT2D eigenvalue weighted by molar-refractivity contribution is 4.94. The van der Waals surface area contributed by atoms with E-state index in [0.717, 1.165) is 18.0 Å². The molecule has 4 nitrogen and oxygen atoms in total. The van der Waals surface area contributed by atoms with Crippen LogP contribution in [-0.4, -0.2) is 26.2 Å². The topological polar surface area (TPSA) is 50.9 Å². The molecular weight excluding hydrogens is 202 g/mol. The summed E-state index contributed by atoms with van der Waals surface area (Å²) in [4.78, 5) is 0. The fourth-order valence-electron chi connectivity index (χ4n) is 2.62. The van der Waals surface area contributed by atoms with Gasteiger partial charge in [-0.15, -0.1) is 5.10 Å². The molecule has 1 N–H and O–H groups in total. The minimum atomic E-state index is -0.250. The highest BCUT2D eigenvalue weighted by atomic mass is 16.3. The lowest BCUT2D eigenvalue weighted by Gasteiger charge is -2.23. The standard InChI is InChI=1S/C12H21N3O/c1-15-9-11(13-14-15)8-12(16)7-10-5-3-2-4-6-10/h9-10,12,16H,2-8H2,1H3. The molecule has 0 spiro atoms. The van der Waals surface area contributed by atoms with Crippen LogP contribution in [0.4, 0.5) is 0 Å². The zero-order valence-electron chi connectivity index (χ0n) is 9.97. The molecule has 1 aromatic rings. The van der Waals surface area contributed by atoms with Crippen molar-refractivity contribution in [1.29, 1.82) is 0 Å². The summed E-state index contributed by atoms with van der Waals surface area (Å²) in [5.74, 6) is 0.723. The SMILES string of the molecule is Cn1cc(CC(O)CC2CCCCC2)nn1. The number of hydrogen-bond donors (Lipinski definition) is 1. The molecule has 0 aliphatic heterocycles. The first kappa shape index (κ1) is 11.6. The molecule has 1 fully saturated rings. The lowest BCUT2D eigenvalue weighted by atomic mass is 9.85. The summed E-state index contributed by atoms with van der Waals surface area (Å²) in [6.45, 7) is 0. The average Bonchev–Trinajstić information content (AvgIpc) is 2.65. The van der Waals surface area contributed by atoms with Gasteiger partial charge >= 0.3 is 0 Å². The molecule has 16 heavy (non-hydrogen) atoms. The Morgan fingerprint density at radius 1 is 1.44 bits per heavy atom. The van der Waals surface area contributed by atoms with Crippen LogP contribution in [0.25, 0.3) is 0 Å². The van der Waals surface area contributed by atoms with Crippen LogP contribution in [0.1, 0.15) is 44.2 Å². The molecule has 1 saturated carbocycles. The second-order valence-corrected chi connectivity index (χ2v) is 4.98. The molecule has 0 saturated heterocycles. The number of nitrogens with zero attached hydrogens (tertiary/aromatic N) is 3. The van der Waals surface area contributed by atoms with Crippen molar-refractivity contribution >= 4 is 0 Å². The number of hydrogen-bond acceptors (Lipinski definition) is 3. The number of rotatable bonds is 4. The Labute approximate surface area is 96.7 Å². The lowest BCUT2D eigenvalue weighted by Crippen LogP contribution is -2.18. The van der Waals surface area contributed by atoms with Crippen LogP contribution in [0, 0.1) is 5.92 Å². The van der Waals surface area contributed by atoms with Crippen molar-refractivity contribution < 1.29 is 5.11 Å². The predicted octanol–water partition coefficient (Wildman–Crippen LogP) is 1.69. The van der Waals surface area contributed by atoms with Gasteiger partial charge in [0.2, 0.25) is 0 Å². The van der Waals surface area contributed by atoms with Crippen LogP contribution < -0.4 is 0 Å². The maximum Gasteiger partial charge on any atom is 0.0852 e. The minimum Gasteiger partial charge on any atom is -0.393 e. The Morgan fingerprint density at radius 3 is 2.81 bits per heavy atom. The monoisotopic (exact) mass is 223 g/mol. The van der Waals surface area contributed by atoms with E-state index in [2.05, 4.69) is 10.3 Å². The highest BCUT2D eigenvalue weighted by Crippen LogP contribution is 2.27. The largest absolute Gasteiger partial charge is 0.393 e. The van der Waals surface area contributed by atoms with Gasteiger partial charge in [-0.1, -0.05) is 37.3 Å². The summed E-state index contributed by atoms with van der Waals surface area (Å²) in [7, 11) is 1.85. The Bertz CT molecular complexity index is 318. The third-order valence-corrected chi connectivity index (χ3v) is 3.43. The van der Waals surface area contributed by atoms with Crippen molar-refractivity contribution in [3.63, 3.8) is 0 Å². The first-order chi connectivity index (χ1) is 7.74. The molecule has 1 unspecified atom stereocenters. The van der Waals surface area contributed by atoms with Gasteiger partial charge in [-0.2, -0.15) is 0 Å². The van der Waals surface area contributed by atoms with Gasteiger partial charge in [-0.3, -0.25) is 4.68 Å². The molecule has 1 aliphatic rings. The number of aryl methyl sites for hydroxylation is 1. The van der Waals surface area contributed by atoms with Gasteiger partial charge in [0.25, 0.3) is 0 Å². The summed E-state index contributed by atoms with van der Waals surface area (Å²) in [6, 6.07) is 0. The first-order valence-electron chi connectivity index (χ1n) is 6.27. The zero-order valence-corrected chi connectivity index (χ0v) is 9.97. The van der Waals surface area contributed by atoms with Crippen molar-refractivity contribution in [2.24, 2.45) is 13.0 Å². The van der Waals surface area contributed by atoms with Crippen LogP contribution in [0.15, 0.2) is 6.20 Å². The van der Waals surface area contributed by atoms with E-state index in [1.54, 1.807) is 4.68 Å². The third-order valence-electron chi connectivity index (χ3n) is 3.43. The van der Waals surface area contributed by atoms with Gasteiger partial charge in [0, 0.05) is 19.7 Å². The van der Waals surface area contributed by atoms with Gasteiger partial charge < -0.3 is 5.11 Å². The Morgan fingerprint density at radius 2 is 2.19 bits per heavy atom.